The van der Waals surface area contributed by atoms with E-state index < -0.39 is 10.0 Å². The van der Waals surface area contributed by atoms with E-state index in [2.05, 4.69) is 10.0 Å². The molecule has 30 heavy (non-hydrogen) atoms. The molecule has 0 spiro atoms. The largest absolute Gasteiger partial charge is 0.497 e. The van der Waals surface area contributed by atoms with Crippen molar-refractivity contribution in [3.63, 3.8) is 0 Å². The molecule has 0 aliphatic rings. The number of thioether (sulfide) groups is 1. The third-order valence-electron chi connectivity index (χ3n) is 4.20. The summed E-state index contributed by atoms with van der Waals surface area (Å²) in [5, 5.41) is 2.82. The maximum Gasteiger partial charge on any atom is 0.261 e. The molecular weight excluding hydrogens is 420 g/mol. The van der Waals surface area contributed by atoms with Crippen LogP contribution in [0.15, 0.2) is 82.6 Å². The van der Waals surface area contributed by atoms with Crippen molar-refractivity contribution >= 4 is 39.1 Å². The van der Waals surface area contributed by atoms with Gasteiger partial charge in [0, 0.05) is 16.3 Å². The Kier molecular flexibility index (Phi) is 7.02. The van der Waals surface area contributed by atoms with E-state index in [-0.39, 0.29) is 10.8 Å². The number of methoxy groups -OCH3 is 1. The standard InChI is InChI=1S/C22H22N2O4S2/c1-3-29-21-7-5-4-6-20(21)22(25)23-16-10-14-19(15-11-16)30(26,27)24-17-8-12-18(28-2)13-9-17/h4-15,24H,3H2,1-2H3,(H,23,25). The highest BCUT2D eigenvalue weighted by Gasteiger charge is 2.15. The molecule has 0 fully saturated rings. The van der Waals surface area contributed by atoms with Gasteiger partial charge in [-0.15, -0.1) is 11.8 Å². The Balaban J connectivity index is 1.71. The number of amides is 1. The Hall–Kier alpha value is -2.97. The van der Waals surface area contributed by atoms with Gasteiger partial charge in [0.25, 0.3) is 15.9 Å². The number of ether oxygens (including phenoxy) is 1. The Morgan fingerprint density at radius 3 is 2.20 bits per heavy atom. The van der Waals surface area contributed by atoms with Crippen LogP contribution in [-0.4, -0.2) is 27.2 Å². The van der Waals surface area contributed by atoms with Crippen molar-refractivity contribution < 1.29 is 17.9 Å². The van der Waals surface area contributed by atoms with Crippen molar-refractivity contribution in [3.8, 4) is 5.75 Å². The molecule has 0 aliphatic carbocycles. The van der Waals surface area contributed by atoms with Gasteiger partial charge in [-0.05, 0) is 66.4 Å². The van der Waals surface area contributed by atoms with Crippen molar-refractivity contribution in [1.29, 1.82) is 0 Å². The first-order valence-corrected chi connectivity index (χ1v) is 11.7. The summed E-state index contributed by atoms with van der Waals surface area (Å²) in [6.45, 7) is 2.03. The molecule has 0 radical (unpaired) electrons. The number of rotatable bonds is 8. The van der Waals surface area contributed by atoms with E-state index in [0.717, 1.165) is 10.6 Å². The highest BCUT2D eigenvalue weighted by molar-refractivity contribution is 7.99. The van der Waals surface area contributed by atoms with Crippen LogP contribution >= 0.6 is 11.8 Å². The number of anilines is 2. The average Bonchev–Trinajstić information content (AvgIpc) is 2.75. The van der Waals surface area contributed by atoms with Gasteiger partial charge in [0.2, 0.25) is 0 Å². The zero-order chi connectivity index (χ0) is 21.6. The first-order valence-electron chi connectivity index (χ1n) is 9.23. The van der Waals surface area contributed by atoms with E-state index in [1.165, 1.54) is 12.1 Å². The van der Waals surface area contributed by atoms with E-state index >= 15 is 0 Å². The molecule has 2 N–H and O–H groups in total. The van der Waals surface area contributed by atoms with Crippen LogP contribution in [0.3, 0.4) is 0 Å². The molecule has 3 rings (SSSR count). The Bertz CT molecular complexity index is 1110. The van der Waals surface area contributed by atoms with Crippen molar-refractivity contribution in [2.24, 2.45) is 0 Å². The molecule has 1 amide bonds. The molecule has 0 atom stereocenters. The summed E-state index contributed by atoms with van der Waals surface area (Å²) in [6.07, 6.45) is 0. The highest BCUT2D eigenvalue weighted by Crippen LogP contribution is 2.24. The van der Waals surface area contributed by atoms with E-state index in [9.17, 15) is 13.2 Å². The van der Waals surface area contributed by atoms with E-state index in [1.807, 2.05) is 25.1 Å². The fourth-order valence-electron chi connectivity index (χ4n) is 2.72. The summed E-state index contributed by atoms with van der Waals surface area (Å²) >= 11 is 1.59. The van der Waals surface area contributed by atoms with Crippen LogP contribution in [0.4, 0.5) is 11.4 Å². The topological polar surface area (TPSA) is 84.5 Å². The van der Waals surface area contributed by atoms with E-state index in [1.54, 1.807) is 61.3 Å². The third kappa shape index (κ3) is 5.34. The van der Waals surface area contributed by atoms with Gasteiger partial charge in [-0.3, -0.25) is 9.52 Å². The maximum absolute atomic E-state index is 12.6. The van der Waals surface area contributed by atoms with Gasteiger partial charge < -0.3 is 10.1 Å². The number of hydrogen-bond acceptors (Lipinski definition) is 5. The fourth-order valence-corrected chi connectivity index (χ4v) is 4.59. The van der Waals surface area contributed by atoms with Gasteiger partial charge in [0.1, 0.15) is 5.75 Å². The summed E-state index contributed by atoms with van der Waals surface area (Å²) in [5.41, 5.74) is 1.53. The molecule has 0 aliphatic heterocycles. The zero-order valence-electron chi connectivity index (χ0n) is 16.6. The minimum atomic E-state index is -3.75. The molecule has 0 aromatic heterocycles. The SMILES string of the molecule is CCSc1ccccc1C(=O)Nc1ccc(S(=O)(=O)Nc2ccc(OC)cc2)cc1. The van der Waals surface area contributed by atoms with Gasteiger partial charge in [-0.1, -0.05) is 19.1 Å². The summed E-state index contributed by atoms with van der Waals surface area (Å²) in [7, 11) is -2.21. The molecule has 0 bridgehead atoms. The van der Waals surface area contributed by atoms with E-state index in [4.69, 9.17) is 4.74 Å². The van der Waals surface area contributed by atoms with Crippen molar-refractivity contribution in [2.45, 2.75) is 16.7 Å². The normalized spacial score (nSPS) is 11.0. The molecule has 0 unspecified atom stereocenters. The molecule has 3 aromatic rings. The predicted octanol–water partition coefficient (Wildman–Crippen LogP) is 4.86. The highest BCUT2D eigenvalue weighted by atomic mass is 32.2. The zero-order valence-corrected chi connectivity index (χ0v) is 18.2. The Morgan fingerprint density at radius 1 is 0.933 bits per heavy atom. The van der Waals surface area contributed by atoms with Crippen LogP contribution in [0.25, 0.3) is 0 Å². The lowest BCUT2D eigenvalue weighted by molar-refractivity contribution is 0.102. The molecule has 0 saturated heterocycles. The number of carbonyl (C=O) groups is 1. The minimum Gasteiger partial charge on any atom is -0.497 e. The lowest BCUT2D eigenvalue weighted by Gasteiger charge is -2.11. The van der Waals surface area contributed by atoms with Crippen LogP contribution < -0.4 is 14.8 Å². The van der Waals surface area contributed by atoms with Crippen molar-refractivity contribution in [2.75, 3.05) is 22.9 Å². The summed E-state index contributed by atoms with van der Waals surface area (Å²) < 4.78 is 32.8. The Labute approximate surface area is 180 Å². The molecule has 3 aromatic carbocycles. The third-order valence-corrected chi connectivity index (χ3v) is 6.55. The first-order chi connectivity index (χ1) is 14.4. The quantitative estimate of drug-likeness (QED) is 0.487. The molecule has 0 saturated carbocycles. The molecule has 156 valence electrons. The van der Waals surface area contributed by atoms with Gasteiger partial charge >= 0.3 is 0 Å². The summed E-state index contributed by atoms with van der Waals surface area (Å²) in [5.74, 6) is 1.26. The molecule has 0 heterocycles. The van der Waals surface area contributed by atoms with Crippen molar-refractivity contribution in [3.05, 3.63) is 78.4 Å². The number of carbonyl (C=O) groups excluding carboxylic acids is 1. The second kappa shape index (κ2) is 9.69. The fraction of sp³-hybridized carbons (Fsp3) is 0.136. The minimum absolute atomic E-state index is 0.0956. The summed E-state index contributed by atoms with van der Waals surface area (Å²) in [4.78, 5) is 13.6. The second-order valence-corrected chi connectivity index (χ2v) is 9.23. The first kappa shape index (κ1) is 21.7. The van der Waals surface area contributed by atoms with Crippen LogP contribution in [0.2, 0.25) is 0 Å². The number of benzene rings is 3. The Morgan fingerprint density at radius 2 is 1.57 bits per heavy atom. The predicted molar refractivity (Wildman–Crippen MR) is 121 cm³/mol. The summed E-state index contributed by atoms with van der Waals surface area (Å²) in [6, 6.07) is 20.0. The van der Waals surface area contributed by atoms with Gasteiger partial charge in [-0.2, -0.15) is 0 Å². The molecule has 6 nitrogen and oxygen atoms in total. The van der Waals surface area contributed by atoms with Crippen molar-refractivity contribution in [1.82, 2.24) is 0 Å². The molecular formula is C22H22N2O4S2. The second-order valence-electron chi connectivity index (χ2n) is 6.24. The van der Waals surface area contributed by atoms with Gasteiger partial charge in [0.15, 0.2) is 0 Å². The average molecular weight is 443 g/mol. The van der Waals surface area contributed by atoms with Gasteiger partial charge in [0.05, 0.1) is 17.6 Å². The number of sulfonamides is 1. The number of hydrogen-bond donors (Lipinski definition) is 2. The van der Waals surface area contributed by atoms with Crippen LogP contribution in [0, 0.1) is 0 Å². The smallest absolute Gasteiger partial charge is 0.261 e. The number of nitrogens with one attached hydrogen (secondary N) is 2. The van der Waals surface area contributed by atoms with Crippen LogP contribution in [0.5, 0.6) is 5.75 Å². The van der Waals surface area contributed by atoms with Gasteiger partial charge in [-0.25, -0.2) is 8.42 Å². The molecule has 8 heteroatoms. The monoisotopic (exact) mass is 442 g/mol. The van der Waals surface area contributed by atoms with Crippen LogP contribution in [0.1, 0.15) is 17.3 Å². The lowest BCUT2D eigenvalue weighted by atomic mass is 10.2. The van der Waals surface area contributed by atoms with Crippen LogP contribution in [-0.2, 0) is 10.0 Å². The lowest BCUT2D eigenvalue weighted by Crippen LogP contribution is -2.14. The maximum atomic E-state index is 12.6. The van der Waals surface area contributed by atoms with E-state index in [0.29, 0.717) is 22.7 Å².